The second-order valence-electron chi connectivity index (χ2n) is 4.83. The first-order chi connectivity index (χ1) is 9.32. The van der Waals surface area contributed by atoms with Gasteiger partial charge in [-0.15, -0.1) is 0 Å². The van der Waals surface area contributed by atoms with Crippen LogP contribution in [0.4, 0.5) is 13.2 Å². The smallest absolute Gasteiger partial charge is 0.416 e. The fraction of sp³-hybridized carbons (Fsp3) is 0.538. The zero-order valence-electron chi connectivity index (χ0n) is 10.6. The predicted octanol–water partition coefficient (Wildman–Crippen LogP) is 3.60. The molecule has 0 spiro atoms. The second kappa shape index (κ2) is 5.91. The summed E-state index contributed by atoms with van der Waals surface area (Å²) in [5.74, 6) is -0.566. The molecule has 20 heavy (non-hydrogen) atoms. The largest absolute Gasteiger partial charge is 0.506 e. The first-order valence-corrected chi connectivity index (χ1v) is 7.03. The number of halogens is 4. The summed E-state index contributed by atoms with van der Waals surface area (Å²) >= 11 is 3.04. The Morgan fingerprint density at radius 1 is 1.30 bits per heavy atom. The molecule has 112 valence electrons. The molecular weight excluding hydrogens is 339 g/mol. The van der Waals surface area contributed by atoms with E-state index in [-0.39, 0.29) is 16.0 Å². The van der Waals surface area contributed by atoms with E-state index in [1.807, 2.05) is 0 Å². The zero-order valence-corrected chi connectivity index (χ0v) is 12.2. The van der Waals surface area contributed by atoms with Crippen LogP contribution in [0.1, 0.15) is 30.0 Å². The molecule has 1 aliphatic heterocycles. The Hall–Kier alpha value is -0.790. The van der Waals surface area contributed by atoms with Gasteiger partial charge in [0.1, 0.15) is 5.75 Å². The van der Waals surface area contributed by atoms with Crippen molar-refractivity contribution in [3.05, 3.63) is 27.7 Å². The van der Waals surface area contributed by atoms with Crippen molar-refractivity contribution in [3.8, 4) is 5.75 Å². The molecule has 2 rings (SSSR count). The van der Waals surface area contributed by atoms with Crippen LogP contribution >= 0.6 is 15.9 Å². The van der Waals surface area contributed by atoms with Gasteiger partial charge in [0.2, 0.25) is 0 Å². The molecule has 7 heteroatoms. The maximum Gasteiger partial charge on any atom is 0.416 e. The molecule has 3 nitrogen and oxygen atoms in total. The van der Waals surface area contributed by atoms with E-state index in [0.717, 1.165) is 6.07 Å². The monoisotopic (exact) mass is 353 g/mol. The average Bonchev–Trinajstić information content (AvgIpc) is 2.40. The number of hydrogen-bond acceptors (Lipinski definition) is 3. The van der Waals surface area contributed by atoms with Crippen LogP contribution in [0.3, 0.4) is 0 Å². The van der Waals surface area contributed by atoms with E-state index in [1.165, 1.54) is 6.07 Å². The summed E-state index contributed by atoms with van der Waals surface area (Å²) in [6, 6.07) is 1.25. The molecule has 0 amide bonds. The van der Waals surface area contributed by atoms with Gasteiger partial charge >= 0.3 is 6.18 Å². The van der Waals surface area contributed by atoms with Crippen LogP contribution in [0.15, 0.2) is 16.6 Å². The summed E-state index contributed by atoms with van der Waals surface area (Å²) in [6.07, 6.45) is -3.37. The maximum absolute atomic E-state index is 13.1. The first kappa shape index (κ1) is 15.6. The summed E-state index contributed by atoms with van der Waals surface area (Å²) in [7, 11) is 0. The van der Waals surface area contributed by atoms with Gasteiger partial charge in [0, 0.05) is 24.8 Å². The lowest BCUT2D eigenvalue weighted by atomic mass is 9.85. The number of phenols is 1. The van der Waals surface area contributed by atoms with Gasteiger partial charge in [-0.25, -0.2) is 0 Å². The molecule has 1 aromatic carbocycles. The standard InChI is InChI=1S/C13H15BrF3NO2/c14-9-2-1-8(13(15,16)17)10(12(9)19)11(18)7-3-5-20-6-4-7/h1-2,7,11,19H,3-6,18H2/t11-/m1/s1. The molecule has 3 N–H and O–H groups in total. The predicted molar refractivity (Wildman–Crippen MR) is 71.3 cm³/mol. The van der Waals surface area contributed by atoms with Crippen molar-refractivity contribution < 1.29 is 23.0 Å². The van der Waals surface area contributed by atoms with Crippen molar-refractivity contribution in [2.45, 2.75) is 25.1 Å². The fourth-order valence-corrected chi connectivity index (χ4v) is 2.82. The number of phenolic OH excluding ortho intramolecular Hbond substituents is 1. The van der Waals surface area contributed by atoms with E-state index in [1.54, 1.807) is 0 Å². The third-order valence-electron chi connectivity index (χ3n) is 3.58. The summed E-state index contributed by atoms with van der Waals surface area (Å²) < 4.78 is 44.6. The van der Waals surface area contributed by atoms with Crippen LogP contribution in [0.2, 0.25) is 0 Å². The van der Waals surface area contributed by atoms with Crippen molar-refractivity contribution in [3.63, 3.8) is 0 Å². The molecule has 1 aliphatic rings. The summed E-state index contributed by atoms with van der Waals surface area (Å²) in [4.78, 5) is 0. The Morgan fingerprint density at radius 3 is 2.45 bits per heavy atom. The Balaban J connectivity index is 2.44. The number of rotatable bonds is 2. The van der Waals surface area contributed by atoms with Gasteiger partial charge in [-0.3, -0.25) is 0 Å². The number of nitrogens with two attached hydrogens (primary N) is 1. The molecule has 1 atom stereocenters. The number of benzene rings is 1. The van der Waals surface area contributed by atoms with E-state index < -0.39 is 23.5 Å². The number of aromatic hydroxyl groups is 1. The van der Waals surface area contributed by atoms with Crippen LogP contribution in [-0.2, 0) is 10.9 Å². The van der Waals surface area contributed by atoms with Crippen LogP contribution in [0, 0.1) is 5.92 Å². The van der Waals surface area contributed by atoms with Gasteiger partial charge in [-0.1, -0.05) is 0 Å². The van der Waals surface area contributed by atoms with Gasteiger partial charge in [-0.05, 0) is 46.8 Å². The SMILES string of the molecule is N[C@@H](c1c(C(F)(F)F)ccc(Br)c1O)C1CCOCC1. The highest BCUT2D eigenvalue weighted by Crippen LogP contribution is 2.44. The summed E-state index contributed by atoms with van der Waals surface area (Å²) in [5.41, 5.74) is 4.89. The summed E-state index contributed by atoms with van der Waals surface area (Å²) in [6.45, 7) is 0.961. The molecule has 0 aliphatic carbocycles. The van der Waals surface area contributed by atoms with Crippen molar-refractivity contribution in [2.75, 3.05) is 13.2 Å². The third-order valence-corrected chi connectivity index (χ3v) is 4.22. The Bertz CT molecular complexity index is 487. The minimum absolute atomic E-state index is 0.134. The summed E-state index contributed by atoms with van der Waals surface area (Å²) in [5, 5.41) is 9.98. The van der Waals surface area contributed by atoms with Crippen molar-refractivity contribution in [1.82, 2.24) is 0 Å². The van der Waals surface area contributed by atoms with Crippen LogP contribution in [0.5, 0.6) is 5.75 Å². The maximum atomic E-state index is 13.1. The van der Waals surface area contributed by atoms with Crippen LogP contribution < -0.4 is 5.73 Å². The highest BCUT2D eigenvalue weighted by atomic mass is 79.9. The molecule has 1 saturated heterocycles. The van der Waals surface area contributed by atoms with Gasteiger partial charge in [0.15, 0.2) is 0 Å². The lowest BCUT2D eigenvalue weighted by Gasteiger charge is -2.30. The van der Waals surface area contributed by atoms with E-state index in [4.69, 9.17) is 10.5 Å². The Labute approximate surface area is 123 Å². The quantitative estimate of drug-likeness (QED) is 0.853. The van der Waals surface area contributed by atoms with Crippen LogP contribution in [-0.4, -0.2) is 18.3 Å². The van der Waals surface area contributed by atoms with E-state index in [2.05, 4.69) is 15.9 Å². The zero-order chi connectivity index (χ0) is 14.9. The molecule has 1 heterocycles. The minimum Gasteiger partial charge on any atom is -0.506 e. The lowest BCUT2D eigenvalue weighted by Crippen LogP contribution is -2.29. The normalized spacial score (nSPS) is 19.1. The first-order valence-electron chi connectivity index (χ1n) is 6.24. The Kier molecular flexibility index (Phi) is 4.61. The van der Waals surface area contributed by atoms with Crippen molar-refractivity contribution in [2.24, 2.45) is 11.7 Å². The van der Waals surface area contributed by atoms with Gasteiger partial charge in [-0.2, -0.15) is 13.2 Å². The molecule has 1 fully saturated rings. The van der Waals surface area contributed by atoms with Gasteiger partial charge in [0.05, 0.1) is 10.0 Å². The van der Waals surface area contributed by atoms with Crippen molar-refractivity contribution in [1.29, 1.82) is 0 Å². The fourth-order valence-electron chi connectivity index (χ4n) is 2.48. The average molecular weight is 354 g/mol. The van der Waals surface area contributed by atoms with E-state index in [0.29, 0.717) is 26.1 Å². The number of ether oxygens (including phenoxy) is 1. The number of hydrogen-bond donors (Lipinski definition) is 2. The van der Waals surface area contributed by atoms with Crippen molar-refractivity contribution >= 4 is 15.9 Å². The molecule has 0 saturated carbocycles. The van der Waals surface area contributed by atoms with E-state index >= 15 is 0 Å². The molecule has 0 unspecified atom stereocenters. The van der Waals surface area contributed by atoms with Crippen LogP contribution in [0.25, 0.3) is 0 Å². The second-order valence-corrected chi connectivity index (χ2v) is 5.68. The highest BCUT2D eigenvalue weighted by Gasteiger charge is 2.38. The highest BCUT2D eigenvalue weighted by molar-refractivity contribution is 9.10. The molecular formula is C13H15BrF3NO2. The molecule has 0 bridgehead atoms. The van der Waals surface area contributed by atoms with Gasteiger partial charge < -0.3 is 15.6 Å². The Morgan fingerprint density at radius 2 is 1.90 bits per heavy atom. The lowest BCUT2D eigenvalue weighted by molar-refractivity contribution is -0.138. The molecule has 0 radical (unpaired) electrons. The molecule has 0 aromatic heterocycles. The number of alkyl halides is 3. The third kappa shape index (κ3) is 3.10. The van der Waals surface area contributed by atoms with Gasteiger partial charge in [0.25, 0.3) is 0 Å². The topological polar surface area (TPSA) is 55.5 Å². The van der Waals surface area contributed by atoms with E-state index in [9.17, 15) is 18.3 Å². The molecule has 1 aromatic rings. The minimum atomic E-state index is -4.55.